The molecule has 4 heteroatoms. The van der Waals surface area contributed by atoms with Crippen molar-refractivity contribution in [1.29, 1.82) is 0 Å². The van der Waals surface area contributed by atoms with E-state index in [1.165, 1.54) is 5.52 Å². The Morgan fingerprint density at radius 2 is 2.00 bits per heavy atom. The van der Waals surface area contributed by atoms with E-state index < -0.39 is 0 Å². The highest BCUT2D eigenvalue weighted by atomic mass is 16.2. The Morgan fingerprint density at radius 1 is 1.18 bits per heavy atom. The molecule has 1 aliphatic heterocycles. The van der Waals surface area contributed by atoms with E-state index in [2.05, 4.69) is 33.8 Å². The van der Waals surface area contributed by atoms with E-state index in [1.54, 1.807) is 0 Å². The molecular formula is C18H21N3O. The van der Waals surface area contributed by atoms with Crippen LogP contribution in [0.3, 0.4) is 0 Å². The third-order valence-corrected chi connectivity index (χ3v) is 4.94. The van der Waals surface area contributed by atoms with Crippen molar-refractivity contribution in [2.45, 2.75) is 38.1 Å². The normalized spacial score (nSPS) is 19.6. The molecule has 2 aliphatic rings. The third kappa shape index (κ3) is 2.32. The van der Waals surface area contributed by atoms with Gasteiger partial charge in [0.25, 0.3) is 0 Å². The van der Waals surface area contributed by atoms with Crippen LogP contribution in [0.2, 0.25) is 0 Å². The highest BCUT2D eigenvalue weighted by Gasteiger charge is 2.26. The summed E-state index contributed by atoms with van der Waals surface area (Å²) in [5.41, 5.74) is 3.29. The van der Waals surface area contributed by atoms with Crippen LogP contribution in [0.25, 0.3) is 11.0 Å². The predicted molar refractivity (Wildman–Crippen MR) is 86.5 cm³/mol. The first-order valence-electron chi connectivity index (χ1n) is 8.23. The number of carbonyl (C=O) groups is 1. The van der Waals surface area contributed by atoms with Crippen LogP contribution < -0.4 is 0 Å². The zero-order valence-electron chi connectivity index (χ0n) is 12.7. The van der Waals surface area contributed by atoms with Crippen molar-refractivity contribution >= 4 is 16.9 Å². The zero-order chi connectivity index (χ0) is 14.9. The maximum Gasteiger partial charge on any atom is 0.249 e. The lowest BCUT2D eigenvalue weighted by molar-refractivity contribution is -0.128. The van der Waals surface area contributed by atoms with Gasteiger partial charge in [0.15, 0.2) is 0 Å². The Hall–Kier alpha value is -2.10. The van der Waals surface area contributed by atoms with Gasteiger partial charge in [-0.05, 0) is 44.2 Å². The molecule has 0 bridgehead atoms. The fourth-order valence-corrected chi connectivity index (χ4v) is 3.68. The minimum Gasteiger partial charge on any atom is -0.339 e. The number of fused-ring (bicyclic) bond motifs is 1. The van der Waals surface area contributed by atoms with Gasteiger partial charge in [0, 0.05) is 24.7 Å². The Kier molecular flexibility index (Phi) is 3.45. The summed E-state index contributed by atoms with van der Waals surface area (Å²) in [5, 5.41) is 0. The number of allylic oxidation sites excluding steroid dienone is 1. The van der Waals surface area contributed by atoms with E-state index in [4.69, 9.17) is 0 Å². The van der Waals surface area contributed by atoms with Crippen molar-refractivity contribution in [2.75, 3.05) is 13.1 Å². The van der Waals surface area contributed by atoms with Crippen molar-refractivity contribution in [3.05, 3.63) is 42.2 Å². The molecule has 0 saturated carbocycles. The summed E-state index contributed by atoms with van der Waals surface area (Å²) in [6, 6.07) is 8.72. The lowest BCUT2D eigenvalue weighted by Gasteiger charge is -2.33. The summed E-state index contributed by atoms with van der Waals surface area (Å²) in [5.74, 6) is 0.270. The van der Waals surface area contributed by atoms with E-state index >= 15 is 0 Å². The van der Waals surface area contributed by atoms with Crippen LogP contribution in [0.15, 0.2) is 42.2 Å². The standard InChI is InChI=1S/C18H21N3O/c22-18(14-5-1-2-6-14)20-11-9-15(10-12-20)21-13-19-16-7-3-4-8-17(16)21/h3-5,7-8,13,15H,1-2,6,9-12H2. The van der Waals surface area contributed by atoms with Gasteiger partial charge in [-0.1, -0.05) is 18.2 Å². The monoisotopic (exact) mass is 295 g/mol. The van der Waals surface area contributed by atoms with Crippen LogP contribution in [0.1, 0.15) is 38.1 Å². The number of carbonyl (C=O) groups excluding carboxylic acids is 1. The van der Waals surface area contributed by atoms with Gasteiger partial charge < -0.3 is 9.47 Å². The SMILES string of the molecule is O=C(C1=CCCC1)N1CCC(n2cnc3ccccc32)CC1. The van der Waals surface area contributed by atoms with Crippen molar-refractivity contribution in [2.24, 2.45) is 0 Å². The molecule has 1 amide bonds. The number of piperidine rings is 1. The summed E-state index contributed by atoms with van der Waals surface area (Å²) in [6.45, 7) is 1.71. The van der Waals surface area contributed by atoms with Gasteiger partial charge in [-0.3, -0.25) is 4.79 Å². The number of hydrogen-bond acceptors (Lipinski definition) is 2. The van der Waals surface area contributed by atoms with E-state index in [0.717, 1.165) is 56.3 Å². The van der Waals surface area contributed by atoms with E-state index in [1.807, 2.05) is 17.3 Å². The van der Waals surface area contributed by atoms with Gasteiger partial charge in [-0.25, -0.2) is 4.98 Å². The third-order valence-electron chi connectivity index (χ3n) is 4.94. The number of aromatic nitrogens is 2. The second kappa shape index (κ2) is 5.59. The van der Waals surface area contributed by atoms with Crippen molar-refractivity contribution in [3.63, 3.8) is 0 Å². The first-order chi connectivity index (χ1) is 10.8. The summed E-state index contributed by atoms with van der Waals surface area (Å²) >= 11 is 0. The lowest BCUT2D eigenvalue weighted by Crippen LogP contribution is -2.39. The first-order valence-corrected chi connectivity index (χ1v) is 8.23. The smallest absolute Gasteiger partial charge is 0.249 e. The number of imidazole rings is 1. The van der Waals surface area contributed by atoms with Crippen molar-refractivity contribution < 1.29 is 4.79 Å². The van der Waals surface area contributed by atoms with E-state index in [9.17, 15) is 4.79 Å². The zero-order valence-corrected chi connectivity index (χ0v) is 12.7. The number of para-hydroxylation sites is 2. The molecule has 22 heavy (non-hydrogen) atoms. The second-order valence-corrected chi connectivity index (χ2v) is 6.29. The maximum absolute atomic E-state index is 12.4. The van der Waals surface area contributed by atoms with Gasteiger partial charge in [-0.2, -0.15) is 0 Å². The van der Waals surface area contributed by atoms with Crippen molar-refractivity contribution in [3.8, 4) is 0 Å². The minimum absolute atomic E-state index is 0.270. The molecule has 2 aromatic rings. The molecule has 0 spiro atoms. The molecule has 0 N–H and O–H groups in total. The van der Waals surface area contributed by atoms with Crippen LogP contribution >= 0.6 is 0 Å². The number of benzene rings is 1. The number of likely N-dealkylation sites (tertiary alicyclic amines) is 1. The predicted octanol–water partition coefficient (Wildman–Crippen LogP) is 3.31. The van der Waals surface area contributed by atoms with Crippen LogP contribution in [0, 0.1) is 0 Å². The van der Waals surface area contributed by atoms with E-state index in [-0.39, 0.29) is 5.91 Å². The van der Waals surface area contributed by atoms with Crippen LogP contribution in [0.4, 0.5) is 0 Å². The van der Waals surface area contributed by atoms with Gasteiger partial charge in [0.1, 0.15) is 0 Å². The van der Waals surface area contributed by atoms with Gasteiger partial charge in [-0.15, -0.1) is 0 Å². The average Bonchev–Trinajstić information content (AvgIpc) is 3.24. The molecule has 1 aromatic carbocycles. The van der Waals surface area contributed by atoms with Crippen LogP contribution in [-0.4, -0.2) is 33.4 Å². The molecule has 4 nitrogen and oxygen atoms in total. The van der Waals surface area contributed by atoms with Gasteiger partial charge in [0.2, 0.25) is 5.91 Å². The molecule has 0 atom stereocenters. The summed E-state index contributed by atoms with van der Waals surface area (Å²) in [7, 11) is 0. The Morgan fingerprint density at radius 3 is 2.77 bits per heavy atom. The number of rotatable bonds is 2. The largest absolute Gasteiger partial charge is 0.339 e. The topological polar surface area (TPSA) is 38.1 Å². The molecular weight excluding hydrogens is 274 g/mol. The maximum atomic E-state index is 12.4. The second-order valence-electron chi connectivity index (χ2n) is 6.29. The number of amides is 1. The highest BCUT2D eigenvalue weighted by molar-refractivity contribution is 5.93. The quantitative estimate of drug-likeness (QED) is 0.852. The molecule has 2 heterocycles. The summed E-state index contributed by atoms with van der Waals surface area (Å²) in [4.78, 5) is 19.0. The highest BCUT2D eigenvalue weighted by Crippen LogP contribution is 2.28. The molecule has 0 radical (unpaired) electrons. The molecule has 1 saturated heterocycles. The summed E-state index contributed by atoms with van der Waals surface area (Å²) < 4.78 is 2.28. The Labute approximate surface area is 130 Å². The number of nitrogens with zero attached hydrogens (tertiary/aromatic N) is 3. The van der Waals surface area contributed by atoms with Crippen LogP contribution in [0.5, 0.6) is 0 Å². The molecule has 1 aromatic heterocycles. The van der Waals surface area contributed by atoms with E-state index in [0.29, 0.717) is 6.04 Å². The fourth-order valence-electron chi connectivity index (χ4n) is 3.68. The molecule has 0 unspecified atom stereocenters. The van der Waals surface area contributed by atoms with Gasteiger partial charge in [0.05, 0.1) is 17.4 Å². The van der Waals surface area contributed by atoms with Gasteiger partial charge >= 0.3 is 0 Å². The van der Waals surface area contributed by atoms with Crippen molar-refractivity contribution in [1.82, 2.24) is 14.5 Å². The average molecular weight is 295 g/mol. The molecule has 114 valence electrons. The fraction of sp³-hybridized carbons (Fsp3) is 0.444. The Bertz CT molecular complexity index is 723. The molecule has 1 aliphatic carbocycles. The molecule has 4 rings (SSSR count). The lowest BCUT2D eigenvalue weighted by atomic mass is 10.0. The minimum atomic E-state index is 0.270. The number of hydrogen-bond donors (Lipinski definition) is 0. The molecule has 1 fully saturated rings. The Balaban J connectivity index is 1.46. The first kappa shape index (κ1) is 13.6. The van der Waals surface area contributed by atoms with Crippen LogP contribution in [-0.2, 0) is 4.79 Å². The summed E-state index contributed by atoms with van der Waals surface area (Å²) in [6.07, 6.45) is 9.27.